The number of aliphatic hydroxyl groups excluding tert-OH is 1. The molecule has 1 fully saturated rings. The highest BCUT2D eigenvalue weighted by atomic mass is 32.2. The lowest BCUT2D eigenvalue weighted by atomic mass is 10.0. The Labute approximate surface area is 199 Å². The van der Waals surface area contributed by atoms with Gasteiger partial charge in [-0.15, -0.1) is 0 Å². The van der Waals surface area contributed by atoms with Crippen molar-refractivity contribution in [2.45, 2.75) is 37.6 Å². The average molecular weight is 490 g/mol. The van der Waals surface area contributed by atoms with E-state index in [2.05, 4.69) is 5.32 Å². The maximum absolute atomic E-state index is 13.5. The van der Waals surface area contributed by atoms with Gasteiger partial charge < -0.3 is 25.7 Å². The molecule has 0 aliphatic carbocycles. The number of anilines is 1. The summed E-state index contributed by atoms with van der Waals surface area (Å²) in [6.45, 7) is 4.59. The minimum atomic E-state index is -3.82. The van der Waals surface area contributed by atoms with E-state index < -0.39 is 22.4 Å². The van der Waals surface area contributed by atoms with Crippen LogP contribution in [0.15, 0.2) is 47.4 Å². The molecule has 1 heterocycles. The Balaban J connectivity index is 1.83. The molecule has 1 unspecified atom stereocenters. The van der Waals surface area contributed by atoms with Gasteiger partial charge in [-0.05, 0) is 49.1 Å². The number of carboxylic acids is 1. The molecule has 9 nitrogen and oxygen atoms in total. The molecule has 0 radical (unpaired) electrons. The van der Waals surface area contributed by atoms with E-state index in [0.717, 1.165) is 0 Å². The third kappa shape index (κ3) is 5.75. The van der Waals surface area contributed by atoms with E-state index in [0.29, 0.717) is 35.7 Å². The van der Waals surface area contributed by atoms with Crippen LogP contribution in [0.25, 0.3) is 0 Å². The van der Waals surface area contributed by atoms with Crippen molar-refractivity contribution in [3.05, 3.63) is 53.6 Å². The van der Waals surface area contributed by atoms with Crippen LogP contribution in [-0.2, 0) is 21.2 Å². The number of carbonyl (C=O) groups is 1. The van der Waals surface area contributed by atoms with Gasteiger partial charge in [0.05, 0.1) is 23.6 Å². The molecule has 34 heavy (non-hydrogen) atoms. The molecule has 0 aromatic heterocycles. The zero-order valence-corrected chi connectivity index (χ0v) is 20.1. The number of hydrogen-bond acceptors (Lipinski definition) is 7. The second kappa shape index (κ2) is 11.0. The summed E-state index contributed by atoms with van der Waals surface area (Å²) in [5.41, 5.74) is 1.57. The highest BCUT2D eigenvalue weighted by Crippen LogP contribution is 2.31. The molecular formula is C24H31N3O6S. The van der Waals surface area contributed by atoms with Gasteiger partial charge in [-0.2, -0.15) is 4.31 Å². The quantitative estimate of drug-likeness (QED) is 0.356. The van der Waals surface area contributed by atoms with Crippen LogP contribution >= 0.6 is 0 Å². The van der Waals surface area contributed by atoms with Crippen LogP contribution < -0.4 is 10.1 Å². The molecular weight excluding hydrogens is 458 g/mol. The molecule has 1 aliphatic rings. The molecule has 0 amide bonds. The first-order valence-corrected chi connectivity index (χ1v) is 12.6. The van der Waals surface area contributed by atoms with E-state index in [-0.39, 0.29) is 42.1 Å². The number of aliphatic hydroxyl groups is 1. The van der Waals surface area contributed by atoms with Crippen molar-refractivity contribution in [1.29, 1.82) is 5.41 Å². The van der Waals surface area contributed by atoms with Crippen molar-refractivity contribution < 1.29 is 28.2 Å². The SMILES string of the molecule is CCOc1ccc(S(=O)(=O)N2CC(Nc3ccccc3C(=N)CC(=O)O)[C@H](C)C2)c(CCO)c1. The summed E-state index contributed by atoms with van der Waals surface area (Å²) in [7, 11) is -3.82. The molecule has 10 heteroatoms. The summed E-state index contributed by atoms with van der Waals surface area (Å²) in [6.07, 6.45) is -0.204. The van der Waals surface area contributed by atoms with Gasteiger partial charge in [0, 0.05) is 37.0 Å². The molecule has 1 saturated heterocycles. The molecule has 2 aromatic rings. The lowest BCUT2D eigenvalue weighted by molar-refractivity contribution is -0.135. The largest absolute Gasteiger partial charge is 0.494 e. The number of aliphatic carboxylic acids is 1. The van der Waals surface area contributed by atoms with Gasteiger partial charge in [-0.1, -0.05) is 25.1 Å². The van der Waals surface area contributed by atoms with Gasteiger partial charge in [-0.3, -0.25) is 4.79 Å². The summed E-state index contributed by atoms with van der Waals surface area (Å²) in [5, 5.41) is 30.0. The lowest BCUT2D eigenvalue weighted by Crippen LogP contribution is -2.32. The molecule has 1 aliphatic heterocycles. The normalized spacial score (nSPS) is 18.6. The number of nitrogens with one attached hydrogen (secondary N) is 2. The van der Waals surface area contributed by atoms with Gasteiger partial charge in [0.15, 0.2) is 0 Å². The maximum Gasteiger partial charge on any atom is 0.309 e. The fourth-order valence-electron chi connectivity index (χ4n) is 4.14. The van der Waals surface area contributed by atoms with E-state index in [4.69, 9.17) is 15.3 Å². The van der Waals surface area contributed by atoms with Crippen molar-refractivity contribution in [2.75, 3.05) is 31.6 Å². The zero-order valence-electron chi connectivity index (χ0n) is 19.3. The summed E-state index contributed by atoms with van der Waals surface area (Å²) >= 11 is 0. The summed E-state index contributed by atoms with van der Waals surface area (Å²) < 4.78 is 33.9. The third-order valence-electron chi connectivity index (χ3n) is 5.84. The number of hydrogen-bond donors (Lipinski definition) is 4. The second-order valence-electron chi connectivity index (χ2n) is 8.32. The van der Waals surface area contributed by atoms with Crippen LogP contribution in [0.1, 0.15) is 31.4 Å². The van der Waals surface area contributed by atoms with Crippen LogP contribution in [-0.4, -0.2) is 67.0 Å². The highest BCUT2D eigenvalue weighted by Gasteiger charge is 2.38. The van der Waals surface area contributed by atoms with Gasteiger partial charge in [0.25, 0.3) is 0 Å². The lowest BCUT2D eigenvalue weighted by Gasteiger charge is -2.21. The Hall–Kier alpha value is -2.95. The first-order chi connectivity index (χ1) is 16.2. The van der Waals surface area contributed by atoms with Crippen LogP contribution in [0, 0.1) is 11.3 Å². The number of nitrogens with zero attached hydrogens (tertiary/aromatic N) is 1. The van der Waals surface area contributed by atoms with E-state index >= 15 is 0 Å². The van der Waals surface area contributed by atoms with E-state index in [9.17, 15) is 18.3 Å². The van der Waals surface area contributed by atoms with E-state index in [1.807, 2.05) is 13.8 Å². The number of sulfonamides is 1. The van der Waals surface area contributed by atoms with Crippen molar-refractivity contribution in [1.82, 2.24) is 4.31 Å². The summed E-state index contributed by atoms with van der Waals surface area (Å²) in [6, 6.07) is 11.6. The van der Waals surface area contributed by atoms with E-state index in [1.54, 1.807) is 36.4 Å². The van der Waals surface area contributed by atoms with Crippen molar-refractivity contribution in [3.63, 3.8) is 0 Å². The van der Waals surface area contributed by atoms with Crippen molar-refractivity contribution >= 4 is 27.4 Å². The fraction of sp³-hybridized carbons (Fsp3) is 0.417. The molecule has 3 rings (SSSR count). The topological polar surface area (TPSA) is 140 Å². The predicted molar refractivity (Wildman–Crippen MR) is 129 cm³/mol. The van der Waals surface area contributed by atoms with Crippen LogP contribution in [0.3, 0.4) is 0 Å². The second-order valence-corrected chi connectivity index (χ2v) is 10.2. The highest BCUT2D eigenvalue weighted by molar-refractivity contribution is 7.89. The third-order valence-corrected chi connectivity index (χ3v) is 7.77. The molecule has 2 atom stereocenters. The van der Waals surface area contributed by atoms with Crippen LogP contribution in [0.4, 0.5) is 5.69 Å². The first kappa shape index (κ1) is 25.7. The number of rotatable bonds is 11. The smallest absolute Gasteiger partial charge is 0.309 e. The Morgan fingerprint density at radius 2 is 1.97 bits per heavy atom. The van der Waals surface area contributed by atoms with Gasteiger partial charge >= 0.3 is 5.97 Å². The van der Waals surface area contributed by atoms with Gasteiger partial charge in [0.1, 0.15) is 5.75 Å². The van der Waals surface area contributed by atoms with Crippen LogP contribution in [0.5, 0.6) is 5.75 Å². The number of benzene rings is 2. The Kier molecular flexibility index (Phi) is 8.29. The number of carboxylic acid groups (broad SMARTS) is 1. The molecule has 184 valence electrons. The summed E-state index contributed by atoms with van der Waals surface area (Å²) in [4.78, 5) is 11.2. The zero-order chi connectivity index (χ0) is 24.9. The molecule has 0 spiro atoms. The number of para-hydroxylation sites is 1. The number of ether oxygens (including phenoxy) is 1. The van der Waals surface area contributed by atoms with Crippen molar-refractivity contribution in [2.24, 2.45) is 5.92 Å². The minimum Gasteiger partial charge on any atom is -0.494 e. The minimum absolute atomic E-state index is 0.0197. The Morgan fingerprint density at radius 3 is 2.65 bits per heavy atom. The molecule has 0 saturated carbocycles. The standard InChI is InChI=1S/C24H31N3O6S/c1-3-33-18-8-9-23(17(12-18)10-11-28)34(31,32)27-14-16(2)22(15-27)26-21-7-5-4-6-19(21)20(25)13-24(29)30/h4-9,12,16,22,25-26,28H,3,10-11,13-15H2,1-2H3,(H,29,30)/t16-,22?/m1/s1. The molecule has 0 bridgehead atoms. The Bertz CT molecular complexity index is 1150. The average Bonchev–Trinajstić information content (AvgIpc) is 3.15. The predicted octanol–water partition coefficient (Wildman–Crippen LogP) is 2.58. The van der Waals surface area contributed by atoms with Gasteiger partial charge in [-0.25, -0.2) is 8.42 Å². The molecule has 2 aromatic carbocycles. The fourth-order valence-corrected chi connectivity index (χ4v) is 5.94. The van der Waals surface area contributed by atoms with Crippen LogP contribution in [0.2, 0.25) is 0 Å². The van der Waals surface area contributed by atoms with E-state index in [1.165, 1.54) is 10.4 Å². The molecule has 4 N–H and O–H groups in total. The van der Waals surface area contributed by atoms with Gasteiger partial charge in [0.2, 0.25) is 10.0 Å². The van der Waals surface area contributed by atoms with Crippen molar-refractivity contribution in [3.8, 4) is 5.75 Å². The maximum atomic E-state index is 13.5. The summed E-state index contributed by atoms with van der Waals surface area (Å²) in [5.74, 6) is -0.555. The monoisotopic (exact) mass is 489 g/mol. The Morgan fingerprint density at radius 1 is 1.24 bits per heavy atom. The first-order valence-electron chi connectivity index (χ1n) is 11.2.